The van der Waals surface area contributed by atoms with Crippen molar-refractivity contribution in [2.24, 2.45) is 0 Å². The van der Waals surface area contributed by atoms with Crippen molar-refractivity contribution in [1.82, 2.24) is 24.6 Å². The summed E-state index contributed by atoms with van der Waals surface area (Å²) in [5.74, 6) is 7.50. The maximum absolute atomic E-state index is 12.5. The van der Waals surface area contributed by atoms with Crippen molar-refractivity contribution < 1.29 is 4.79 Å². The van der Waals surface area contributed by atoms with E-state index in [1.54, 1.807) is 0 Å². The molecule has 0 unspecified atom stereocenters. The molecule has 6 nitrogen and oxygen atoms in total. The molecule has 3 rings (SSSR count). The number of hydrogen-bond donors (Lipinski definition) is 0. The lowest BCUT2D eigenvalue weighted by Crippen LogP contribution is -2.46. The normalized spacial score (nSPS) is 13.0. The summed E-state index contributed by atoms with van der Waals surface area (Å²) in [6.45, 7) is 7.11. The lowest BCUT2D eigenvalue weighted by atomic mass is 10.2. The van der Waals surface area contributed by atoms with Gasteiger partial charge in [-0.1, -0.05) is 23.6 Å². The number of aromatic nitrogens is 3. The second-order valence-electron chi connectivity index (χ2n) is 5.73. The summed E-state index contributed by atoms with van der Waals surface area (Å²) in [7, 11) is 0. The Balaban J connectivity index is 1.76. The average molecular weight is 358 g/mol. The molecule has 1 aliphatic heterocycles. The number of nitrogens with zero attached hydrogens (tertiary/aromatic N) is 5. The Kier molecular flexibility index (Phi) is 5.25. The molecule has 0 spiro atoms. The fraction of sp³-hybridized carbons (Fsp3) is 0.389. The summed E-state index contributed by atoms with van der Waals surface area (Å²) >= 11 is 5.97. The molecule has 25 heavy (non-hydrogen) atoms. The molecular weight excluding hydrogens is 338 g/mol. The Hall–Kier alpha value is -2.52. The van der Waals surface area contributed by atoms with Crippen LogP contribution < -0.4 is 0 Å². The number of halogens is 1. The predicted octanol–water partition coefficient (Wildman–Crippen LogP) is 2.61. The summed E-state index contributed by atoms with van der Waals surface area (Å²) in [6.07, 6.45) is 0. The van der Waals surface area contributed by atoms with Gasteiger partial charge in [-0.25, -0.2) is 4.79 Å². The molecule has 0 bridgehead atoms. The second kappa shape index (κ2) is 7.58. The van der Waals surface area contributed by atoms with Gasteiger partial charge in [0.15, 0.2) is 5.82 Å². The molecular formula is C18H20ClN5O. The molecule has 0 N–H and O–H groups in total. The van der Waals surface area contributed by atoms with Crippen LogP contribution in [0, 0.1) is 11.8 Å². The number of urea groups is 1. The standard InChI is InChI=1S/C18H20ClN5O/c1-3-22(4-2)18(25)23-10-11-24-16(20-21-17(24)13-23)9-8-14-6-5-7-15(19)12-14/h5-7,12H,3-4,10-11,13H2,1-2H3. The molecule has 2 heterocycles. The monoisotopic (exact) mass is 357 g/mol. The number of rotatable bonds is 2. The average Bonchev–Trinajstić information content (AvgIpc) is 3.03. The van der Waals surface area contributed by atoms with Gasteiger partial charge in [-0.3, -0.25) is 0 Å². The minimum absolute atomic E-state index is 0.0470. The highest BCUT2D eigenvalue weighted by atomic mass is 35.5. The van der Waals surface area contributed by atoms with Crippen LogP contribution in [0.1, 0.15) is 31.1 Å². The summed E-state index contributed by atoms with van der Waals surface area (Å²) in [5.41, 5.74) is 0.832. The van der Waals surface area contributed by atoms with Gasteiger partial charge in [0, 0.05) is 36.8 Å². The fourth-order valence-electron chi connectivity index (χ4n) is 2.80. The van der Waals surface area contributed by atoms with E-state index in [2.05, 4.69) is 22.0 Å². The zero-order valence-electron chi connectivity index (χ0n) is 14.4. The van der Waals surface area contributed by atoms with Gasteiger partial charge >= 0.3 is 6.03 Å². The summed E-state index contributed by atoms with van der Waals surface area (Å²) in [5, 5.41) is 9.02. The van der Waals surface area contributed by atoms with Crippen molar-refractivity contribution >= 4 is 17.6 Å². The van der Waals surface area contributed by atoms with Crippen LogP contribution in [0.15, 0.2) is 24.3 Å². The number of carbonyl (C=O) groups is 1. The molecule has 0 atom stereocenters. The van der Waals surface area contributed by atoms with Gasteiger partial charge in [-0.2, -0.15) is 0 Å². The molecule has 2 amide bonds. The predicted molar refractivity (Wildman–Crippen MR) is 96.2 cm³/mol. The molecule has 0 radical (unpaired) electrons. The number of benzene rings is 1. The van der Waals surface area contributed by atoms with Crippen LogP contribution in [0.4, 0.5) is 4.79 Å². The van der Waals surface area contributed by atoms with Crippen LogP contribution in [0.2, 0.25) is 5.02 Å². The van der Waals surface area contributed by atoms with E-state index in [4.69, 9.17) is 11.6 Å². The minimum Gasteiger partial charge on any atom is -0.325 e. The maximum atomic E-state index is 12.5. The third kappa shape index (κ3) is 3.77. The van der Waals surface area contributed by atoms with Crippen LogP contribution in [-0.4, -0.2) is 50.2 Å². The summed E-state index contributed by atoms with van der Waals surface area (Å²) in [6, 6.07) is 7.43. The molecule has 0 saturated heterocycles. The Morgan fingerprint density at radius 1 is 1.24 bits per heavy atom. The van der Waals surface area contributed by atoms with Crippen molar-refractivity contribution in [3.63, 3.8) is 0 Å². The van der Waals surface area contributed by atoms with E-state index in [9.17, 15) is 4.79 Å². The van der Waals surface area contributed by atoms with Crippen molar-refractivity contribution in [3.05, 3.63) is 46.5 Å². The third-order valence-electron chi connectivity index (χ3n) is 4.20. The Bertz CT molecular complexity index is 831. The molecule has 7 heteroatoms. The van der Waals surface area contributed by atoms with Crippen LogP contribution >= 0.6 is 11.6 Å². The van der Waals surface area contributed by atoms with E-state index in [-0.39, 0.29) is 6.03 Å². The van der Waals surface area contributed by atoms with Gasteiger partial charge in [-0.05, 0) is 38.0 Å². The van der Waals surface area contributed by atoms with Gasteiger partial charge < -0.3 is 14.4 Å². The molecule has 1 aliphatic rings. The zero-order valence-corrected chi connectivity index (χ0v) is 15.1. The number of amides is 2. The van der Waals surface area contributed by atoms with Crippen molar-refractivity contribution in [2.75, 3.05) is 19.6 Å². The molecule has 0 fully saturated rings. The fourth-order valence-corrected chi connectivity index (χ4v) is 2.99. The Morgan fingerprint density at radius 3 is 2.76 bits per heavy atom. The van der Waals surface area contributed by atoms with Gasteiger partial charge in [0.25, 0.3) is 0 Å². The van der Waals surface area contributed by atoms with Crippen molar-refractivity contribution in [1.29, 1.82) is 0 Å². The molecule has 130 valence electrons. The van der Waals surface area contributed by atoms with E-state index < -0.39 is 0 Å². The lowest BCUT2D eigenvalue weighted by Gasteiger charge is -2.32. The highest BCUT2D eigenvalue weighted by Gasteiger charge is 2.26. The summed E-state index contributed by atoms with van der Waals surface area (Å²) < 4.78 is 1.98. The molecule has 1 aromatic carbocycles. The molecule has 1 aromatic heterocycles. The molecule has 2 aromatic rings. The third-order valence-corrected chi connectivity index (χ3v) is 4.44. The van der Waals surface area contributed by atoms with E-state index >= 15 is 0 Å². The number of hydrogen-bond acceptors (Lipinski definition) is 3. The maximum Gasteiger partial charge on any atom is 0.320 e. The van der Waals surface area contributed by atoms with E-state index in [0.717, 1.165) is 11.4 Å². The lowest BCUT2D eigenvalue weighted by molar-refractivity contribution is 0.143. The Morgan fingerprint density at radius 2 is 2.04 bits per heavy atom. The SMILES string of the molecule is CCN(CC)C(=O)N1CCn2c(C#Cc3cccc(Cl)c3)nnc2C1. The molecule has 0 aliphatic carbocycles. The van der Waals surface area contributed by atoms with Gasteiger partial charge in [0.05, 0.1) is 6.54 Å². The van der Waals surface area contributed by atoms with Gasteiger partial charge in [0.2, 0.25) is 5.82 Å². The van der Waals surface area contributed by atoms with Crippen molar-refractivity contribution in [2.45, 2.75) is 26.9 Å². The Labute approximate surface area is 152 Å². The quantitative estimate of drug-likeness (QED) is 0.776. The first-order valence-corrected chi connectivity index (χ1v) is 8.73. The highest BCUT2D eigenvalue weighted by Crippen LogP contribution is 2.14. The first-order valence-electron chi connectivity index (χ1n) is 8.36. The van der Waals surface area contributed by atoms with Crippen LogP contribution in [0.5, 0.6) is 0 Å². The van der Waals surface area contributed by atoms with Crippen LogP contribution in [-0.2, 0) is 13.1 Å². The van der Waals surface area contributed by atoms with E-state index in [0.29, 0.717) is 43.6 Å². The first kappa shape index (κ1) is 17.3. The number of fused-ring (bicyclic) bond motifs is 1. The van der Waals surface area contributed by atoms with E-state index in [1.807, 2.05) is 52.5 Å². The van der Waals surface area contributed by atoms with Crippen LogP contribution in [0.3, 0.4) is 0 Å². The highest BCUT2D eigenvalue weighted by molar-refractivity contribution is 6.30. The number of carbonyl (C=O) groups excluding carboxylic acids is 1. The van der Waals surface area contributed by atoms with Gasteiger partial charge in [0.1, 0.15) is 0 Å². The smallest absolute Gasteiger partial charge is 0.320 e. The van der Waals surface area contributed by atoms with Crippen LogP contribution in [0.25, 0.3) is 0 Å². The van der Waals surface area contributed by atoms with Crippen molar-refractivity contribution in [3.8, 4) is 11.8 Å². The molecule has 0 saturated carbocycles. The topological polar surface area (TPSA) is 54.3 Å². The minimum atomic E-state index is 0.0470. The zero-order chi connectivity index (χ0) is 17.8. The first-order chi connectivity index (χ1) is 12.1. The van der Waals surface area contributed by atoms with Gasteiger partial charge in [-0.15, -0.1) is 10.2 Å². The second-order valence-corrected chi connectivity index (χ2v) is 6.16. The summed E-state index contributed by atoms with van der Waals surface area (Å²) in [4.78, 5) is 16.1. The van der Waals surface area contributed by atoms with E-state index in [1.165, 1.54) is 0 Å². The largest absolute Gasteiger partial charge is 0.325 e.